The molecule has 0 fully saturated rings. The van der Waals surface area contributed by atoms with Gasteiger partial charge in [0.2, 0.25) is 0 Å². The first-order valence-corrected chi connectivity index (χ1v) is 4.30. The third kappa shape index (κ3) is 3.38. The van der Waals surface area contributed by atoms with Gasteiger partial charge in [0.25, 0.3) is 0 Å². The Labute approximate surface area is 108 Å². The minimum atomic E-state index is 0. The van der Waals surface area contributed by atoms with Crippen molar-refractivity contribution in [2.24, 2.45) is 0 Å². The summed E-state index contributed by atoms with van der Waals surface area (Å²) in [7, 11) is 0. The van der Waals surface area contributed by atoms with Gasteiger partial charge < -0.3 is 0 Å². The molecule has 0 radical (unpaired) electrons. The number of hydrogen-bond donors (Lipinski definition) is 0. The summed E-state index contributed by atoms with van der Waals surface area (Å²) < 4.78 is 0. The maximum absolute atomic E-state index is 4.23. The van der Waals surface area contributed by atoms with Crippen LogP contribution in [0.25, 0.3) is 10.6 Å². The van der Waals surface area contributed by atoms with Crippen LogP contribution in [-0.4, -0.2) is 28.0 Å². The Morgan fingerprint density at radius 2 is 1.92 bits per heavy atom. The quantitative estimate of drug-likeness (QED) is 0.724. The van der Waals surface area contributed by atoms with Gasteiger partial charge >= 0.3 is 23.1 Å². The van der Waals surface area contributed by atoms with E-state index in [0.717, 1.165) is 5.69 Å². The fraction of sp³-hybridized carbons (Fsp3) is 0. The van der Waals surface area contributed by atoms with E-state index in [1.54, 1.807) is 11.3 Å². The van der Waals surface area contributed by atoms with Crippen molar-refractivity contribution >= 4 is 51.4 Å². The monoisotopic (exact) mass is 267 g/mol. The Hall–Kier alpha value is 0.0962. The summed E-state index contributed by atoms with van der Waals surface area (Å²) in [4.78, 5) is 5.46. The summed E-state index contributed by atoms with van der Waals surface area (Å²) in [6.45, 7) is 0. The van der Waals surface area contributed by atoms with E-state index in [-0.39, 0.29) is 40.0 Å². The molecule has 0 aliphatic rings. The van der Waals surface area contributed by atoms with Crippen molar-refractivity contribution in [1.29, 1.82) is 0 Å². The molecule has 2 aromatic heterocycles. The van der Waals surface area contributed by atoms with Crippen molar-refractivity contribution < 1.29 is 0 Å². The van der Waals surface area contributed by atoms with Gasteiger partial charge in [-0.2, -0.15) is 0 Å². The van der Waals surface area contributed by atoms with Crippen molar-refractivity contribution in [2.45, 2.75) is 0 Å². The van der Waals surface area contributed by atoms with Crippen LogP contribution in [0.4, 0.5) is 0 Å². The normalized spacial score (nSPS) is 8.31. The molecule has 0 aliphatic carbocycles. The second-order valence-corrected chi connectivity index (χ2v) is 3.14. The highest BCUT2D eigenvalue weighted by atomic mass is 79.9. The number of thiophene rings is 1. The molecule has 0 aromatic carbocycles. The molecule has 2 aromatic rings. The van der Waals surface area contributed by atoms with Gasteiger partial charge in [-0.15, -0.1) is 28.3 Å². The standard InChI is InChI=1S/C9H7NS.BrH.Mg.2H/c1-2-6-10-8(4-1)9-5-3-7-11-9;;;;/h1-7H;1H;;;. The molecular formula is C9H10BrMgNS. The Morgan fingerprint density at radius 1 is 1.08 bits per heavy atom. The number of pyridine rings is 1. The highest BCUT2D eigenvalue weighted by Gasteiger charge is 1.95. The van der Waals surface area contributed by atoms with E-state index in [2.05, 4.69) is 16.4 Å². The molecule has 0 atom stereocenters. The largest absolute Gasteiger partial charge is 0.316 e. The van der Waals surface area contributed by atoms with E-state index < -0.39 is 0 Å². The summed E-state index contributed by atoms with van der Waals surface area (Å²) in [5.74, 6) is 0. The van der Waals surface area contributed by atoms with Crippen LogP contribution in [-0.2, 0) is 0 Å². The minimum Gasteiger partial charge on any atom is -0.255 e. The van der Waals surface area contributed by atoms with Gasteiger partial charge in [-0.1, -0.05) is 12.1 Å². The Bertz CT molecular complexity index is 323. The van der Waals surface area contributed by atoms with Crippen LogP contribution < -0.4 is 0 Å². The highest BCUT2D eigenvalue weighted by Crippen LogP contribution is 2.21. The lowest BCUT2D eigenvalue weighted by molar-refractivity contribution is 1.34. The maximum atomic E-state index is 4.23. The van der Waals surface area contributed by atoms with E-state index in [1.807, 2.05) is 30.5 Å². The molecule has 13 heavy (non-hydrogen) atoms. The third-order valence-electron chi connectivity index (χ3n) is 1.44. The van der Waals surface area contributed by atoms with Crippen LogP contribution in [0.1, 0.15) is 0 Å². The molecule has 0 saturated heterocycles. The molecule has 0 saturated carbocycles. The highest BCUT2D eigenvalue weighted by molar-refractivity contribution is 8.93. The van der Waals surface area contributed by atoms with Crippen molar-refractivity contribution in [2.75, 3.05) is 0 Å². The summed E-state index contributed by atoms with van der Waals surface area (Å²) in [5, 5.41) is 2.06. The van der Waals surface area contributed by atoms with Gasteiger partial charge in [0, 0.05) is 6.20 Å². The second-order valence-electron chi connectivity index (χ2n) is 2.19. The zero-order valence-corrected chi connectivity index (χ0v) is 8.83. The molecular weight excluding hydrogens is 258 g/mol. The molecule has 0 N–H and O–H groups in total. The number of halogens is 1. The van der Waals surface area contributed by atoms with E-state index in [1.165, 1.54) is 4.88 Å². The van der Waals surface area contributed by atoms with Crippen LogP contribution in [0.15, 0.2) is 41.9 Å². The lowest BCUT2D eigenvalue weighted by Gasteiger charge is -1.92. The minimum absolute atomic E-state index is 0. The Kier molecular flexibility index (Phi) is 6.58. The summed E-state index contributed by atoms with van der Waals surface area (Å²) in [6.07, 6.45) is 1.81. The lowest BCUT2D eigenvalue weighted by atomic mass is 10.3. The van der Waals surface area contributed by atoms with Crippen LogP contribution in [0.3, 0.4) is 0 Å². The van der Waals surface area contributed by atoms with E-state index in [4.69, 9.17) is 0 Å². The summed E-state index contributed by atoms with van der Waals surface area (Å²) in [6, 6.07) is 10.1. The van der Waals surface area contributed by atoms with Crippen molar-refractivity contribution in [3.05, 3.63) is 41.9 Å². The van der Waals surface area contributed by atoms with Gasteiger partial charge in [-0.05, 0) is 23.6 Å². The molecule has 4 heteroatoms. The zero-order chi connectivity index (χ0) is 7.52. The molecule has 0 aliphatic heterocycles. The van der Waals surface area contributed by atoms with E-state index in [0.29, 0.717) is 0 Å². The van der Waals surface area contributed by atoms with Gasteiger partial charge in [0.05, 0.1) is 10.6 Å². The molecule has 2 heterocycles. The number of rotatable bonds is 1. The van der Waals surface area contributed by atoms with Crippen molar-refractivity contribution in [3.8, 4) is 10.6 Å². The predicted molar refractivity (Wildman–Crippen MR) is 66.4 cm³/mol. The van der Waals surface area contributed by atoms with Gasteiger partial charge in [-0.25, -0.2) is 0 Å². The third-order valence-corrected chi connectivity index (χ3v) is 2.33. The second kappa shape index (κ2) is 6.54. The molecule has 0 amide bonds. The first kappa shape index (κ1) is 13.1. The summed E-state index contributed by atoms with van der Waals surface area (Å²) >= 11 is 1.71. The molecule has 2 rings (SSSR count). The first-order chi connectivity index (χ1) is 5.47. The van der Waals surface area contributed by atoms with Gasteiger partial charge in [0.15, 0.2) is 0 Å². The number of hydrogen-bond acceptors (Lipinski definition) is 2. The lowest BCUT2D eigenvalue weighted by Crippen LogP contribution is -1.75. The van der Waals surface area contributed by atoms with Crippen LogP contribution in [0.2, 0.25) is 0 Å². The smallest absolute Gasteiger partial charge is 0.255 e. The predicted octanol–water partition coefficient (Wildman–Crippen LogP) is 2.47. The van der Waals surface area contributed by atoms with E-state index >= 15 is 0 Å². The SMILES string of the molecule is Br.[MgH2].c1ccc(-c2cccs2)nc1. The van der Waals surface area contributed by atoms with Crippen LogP contribution >= 0.6 is 28.3 Å². The van der Waals surface area contributed by atoms with Crippen LogP contribution in [0.5, 0.6) is 0 Å². The zero-order valence-electron chi connectivity index (χ0n) is 6.31. The topological polar surface area (TPSA) is 12.9 Å². The van der Waals surface area contributed by atoms with E-state index in [9.17, 15) is 0 Å². The number of nitrogens with zero attached hydrogens (tertiary/aromatic N) is 1. The first-order valence-electron chi connectivity index (χ1n) is 3.42. The van der Waals surface area contributed by atoms with Gasteiger partial charge in [-0.3, -0.25) is 4.98 Å². The van der Waals surface area contributed by atoms with Gasteiger partial charge in [0.1, 0.15) is 0 Å². The van der Waals surface area contributed by atoms with Crippen molar-refractivity contribution in [3.63, 3.8) is 0 Å². The maximum Gasteiger partial charge on any atom is 0.316 e. The molecule has 0 spiro atoms. The summed E-state index contributed by atoms with van der Waals surface area (Å²) in [5.41, 5.74) is 1.06. The van der Waals surface area contributed by atoms with Crippen molar-refractivity contribution in [1.82, 2.24) is 4.98 Å². The molecule has 0 bridgehead atoms. The fourth-order valence-electron chi connectivity index (χ4n) is 0.933. The Morgan fingerprint density at radius 3 is 2.46 bits per heavy atom. The number of aromatic nitrogens is 1. The molecule has 0 unspecified atom stereocenters. The molecule has 66 valence electrons. The molecule has 1 nitrogen and oxygen atoms in total. The van der Waals surface area contributed by atoms with Crippen LogP contribution in [0, 0.1) is 0 Å². The average molecular weight is 268 g/mol. The fourth-order valence-corrected chi connectivity index (χ4v) is 1.64. The average Bonchev–Trinajstić information content (AvgIpc) is 2.58. The Balaban J connectivity index is 0.000000720.